The van der Waals surface area contributed by atoms with E-state index < -0.39 is 10.0 Å². The summed E-state index contributed by atoms with van der Waals surface area (Å²) in [5.41, 5.74) is 3.53. The van der Waals surface area contributed by atoms with E-state index in [1.165, 1.54) is 0 Å². The summed E-state index contributed by atoms with van der Waals surface area (Å²) in [4.78, 5) is 8.72. The molecule has 2 aromatic carbocycles. The monoisotopic (exact) mass is 420 g/mol. The average Bonchev–Trinajstić information content (AvgIpc) is 3.03. The molecule has 0 unspecified atom stereocenters. The lowest BCUT2D eigenvalue weighted by molar-refractivity contribution is 0.195. The molecule has 30 heavy (non-hydrogen) atoms. The predicted molar refractivity (Wildman–Crippen MR) is 115 cm³/mol. The van der Waals surface area contributed by atoms with E-state index in [2.05, 4.69) is 14.7 Å². The number of nitrogens with one attached hydrogen (secondary N) is 1. The summed E-state index contributed by atoms with van der Waals surface area (Å²) in [6, 6.07) is 17.0. The molecule has 0 aliphatic carbocycles. The summed E-state index contributed by atoms with van der Waals surface area (Å²) in [6.45, 7) is 3.67. The molecule has 2 heterocycles. The fourth-order valence-corrected chi connectivity index (χ4v) is 4.29. The Bertz CT molecular complexity index is 1300. The van der Waals surface area contributed by atoms with Crippen LogP contribution in [0.3, 0.4) is 0 Å². The minimum absolute atomic E-state index is 0.155. The number of pyridine rings is 1. The number of nitrogens with zero attached hydrogens (tertiary/aromatic N) is 3. The molecular weight excluding hydrogens is 400 g/mol. The zero-order valence-electron chi connectivity index (χ0n) is 16.4. The number of hydrogen-bond acceptors (Lipinski definition) is 5. The molecule has 0 spiro atoms. The van der Waals surface area contributed by atoms with Crippen LogP contribution in [0, 0.1) is 13.8 Å². The first-order valence-corrected chi connectivity index (χ1v) is 10.7. The second-order valence-corrected chi connectivity index (χ2v) is 8.57. The van der Waals surface area contributed by atoms with Crippen LogP contribution in [0.25, 0.3) is 22.6 Å². The zero-order chi connectivity index (χ0) is 21.3. The Balaban J connectivity index is 1.77. The third kappa shape index (κ3) is 3.65. The topological polar surface area (TPSA) is 97.1 Å². The van der Waals surface area contributed by atoms with Crippen molar-refractivity contribution in [2.45, 2.75) is 18.7 Å². The highest BCUT2D eigenvalue weighted by atomic mass is 32.2. The Morgan fingerprint density at radius 3 is 2.40 bits per heavy atom. The van der Waals surface area contributed by atoms with Crippen LogP contribution in [0.2, 0.25) is 0 Å². The third-order valence-electron chi connectivity index (χ3n) is 4.71. The van der Waals surface area contributed by atoms with Crippen molar-refractivity contribution in [2.75, 3.05) is 4.72 Å². The number of imidazole rings is 1. The van der Waals surface area contributed by atoms with E-state index in [-0.39, 0.29) is 10.7 Å². The summed E-state index contributed by atoms with van der Waals surface area (Å²) >= 11 is 0. The fraction of sp³-hybridized carbons (Fsp3) is 0.0909. The third-order valence-corrected chi connectivity index (χ3v) is 6.09. The van der Waals surface area contributed by atoms with Gasteiger partial charge in [0.15, 0.2) is 5.82 Å². The van der Waals surface area contributed by atoms with E-state index in [4.69, 9.17) is 0 Å². The van der Waals surface area contributed by atoms with Crippen molar-refractivity contribution in [3.63, 3.8) is 0 Å². The Morgan fingerprint density at radius 1 is 0.967 bits per heavy atom. The second-order valence-electron chi connectivity index (χ2n) is 6.89. The fourth-order valence-electron chi connectivity index (χ4n) is 3.21. The molecule has 0 atom stereocenters. The minimum Gasteiger partial charge on any atom is -0.426 e. The number of aryl methyl sites for hydroxylation is 2. The highest BCUT2D eigenvalue weighted by Crippen LogP contribution is 2.33. The quantitative estimate of drug-likeness (QED) is 0.470. The Morgan fingerprint density at radius 2 is 1.70 bits per heavy atom. The van der Waals surface area contributed by atoms with Crippen molar-refractivity contribution in [3.05, 3.63) is 84.3 Å². The van der Waals surface area contributed by atoms with E-state index in [0.717, 1.165) is 10.3 Å². The average molecular weight is 420 g/mol. The van der Waals surface area contributed by atoms with Gasteiger partial charge in [-0.2, -0.15) is 4.73 Å². The number of para-hydroxylation sites is 1. The molecule has 7 nitrogen and oxygen atoms in total. The van der Waals surface area contributed by atoms with E-state index in [1.807, 2.05) is 13.0 Å². The van der Waals surface area contributed by atoms with Crippen molar-refractivity contribution >= 4 is 15.7 Å². The molecule has 152 valence electrons. The highest BCUT2D eigenvalue weighted by molar-refractivity contribution is 7.92. The summed E-state index contributed by atoms with van der Waals surface area (Å²) in [6.07, 6.45) is 3.28. The molecule has 4 rings (SSSR count). The SMILES string of the molecule is Cc1ccc(S(=O)(=O)Nc2ccccc2-c2nc(C)c(-c3cccnc3)n2O)cc1. The van der Waals surface area contributed by atoms with Crippen molar-refractivity contribution < 1.29 is 13.6 Å². The summed E-state index contributed by atoms with van der Waals surface area (Å²) in [5, 5.41) is 10.8. The second kappa shape index (κ2) is 7.64. The number of anilines is 1. The molecule has 0 aliphatic rings. The van der Waals surface area contributed by atoms with Gasteiger partial charge in [-0.05, 0) is 50.2 Å². The van der Waals surface area contributed by atoms with Crippen LogP contribution < -0.4 is 4.72 Å². The van der Waals surface area contributed by atoms with Gasteiger partial charge in [0.25, 0.3) is 10.0 Å². The first kappa shape index (κ1) is 19.7. The Labute approximate surface area is 174 Å². The molecule has 2 N–H and O–H groups in total. The lowest BCUT2D eigenvalue weighted by atomic mass is 10.1. The van der Waals surface area contributed by atoms with Crippen LogP contribution in [0.4, 0.5) is 5.69 Å². The van der Waals surface area contributed by atoms with E-state index in [1.54, 1.807) is 73.9 Å². The van der Waals surface area contributed by atoms with Gasteiger partial charge in [-0.3, -0.25) is 9.71 Å². The van der Waals surface area contributed by atoms with E-state index >= 15 is 0 Å². The zero-order valence-corrected chi connectivity index (χ0v) is 17.3. The van der Waals surface area contributed by atoms with Crippen molar-refractivity contribution in [3.8, 4) is 22.6 Å². The first-order chi connectivity index (χ1) is 14.4. The maximum Gasteiger partial charge on any atom is 0.261 e. The van der Waals surface area contributed by atoms with Gasteiger partial charge in [-0.1, -0.05) is 29.8 Å². The van der Waals surface area contributed by atoms with Crippen molar-refractivity contribution in [1.29, 1.82) is 0 Å². The van der Waals surface area contributed by atoms with Crippen LogP contribution in [-0.4, -0.2) is 28.3 Å². The van der Waals surface area contributed by atoms with Crippen LogP contribution >= 0.6 is 0 Å². The molecule has 8 heteroatoms. The number of aromatic nitrogens is 3. The molecule has 0 amide bonds. The highest BCUT2D eigenvalue weighted by Gasteiger charge is 2.22. The molecule has 2 aromatic heterocycles. The van der Waals surface area contributed by atoms with Gasteiger partial charge in [0, 0.05) is 23.5 Å². The van der Waals surface area contributed by atoms with Crippen molar-refractivity contribution in [1.82, 2.24) is 14.7 Å². The molecule has 4 aromatic rings. The van der Waals surface area contributed by atoms with Gasteiger partial charge in [0.2, 0.25) is 0 Å². The Kier molecular flexibility index (Phi) is 5.01. The smallest absolute Gasteiger partial charge is 0.261 e. The summed E-state index contributed by atoms with van der Waals surface area (Å²) in [7, 11) is -3.81. The summed E-state index contributed by atoms with van der Waals surface area (Å²) < 4.78 is 29.3. The molecule has 0 fully saturated rings. The molecule has 0 saturated carbocycles. The van der Waals surface area contributed by atoms with Gasteiger partial charge in [-0.25, -0.2) is 13.4 Å². The molecule has 0 aliphatic heterocycles. The molecule has 0 bridgehead atoms. The van der Waals surface area contributed by atoms with Gasteiger partial charge in [-0.15, -0.1) is 0 Å². The van der Waals surface area contributed by atoms with Crippen molar-refractivity contribution in [2.24, 2.45) is 0 Å². The Hall–Kier alpha value is -3.65. The number of sulfonamides is 1. The predicted octanol–water partition coefficient (Wildman–Crippen LogP) is 4.27. The normalized spacial score (nSPS) is 11.4. The van der Waals surface area contributed by atoms with Crippen LogP contribution in [0.1, 0.15) is 11.3 Å². The minimum atomic E-state index is -3.81. The lowest BCUT2D eigenvalue weighted by Gasteiger charge is -2.13. The maximum atomic E-state index is 12.9. The van der Waals surface area contributed by atoms with Gasteiger partial charge < -0.3 is 5.21 Å². The number of hydrogen-bond donors (Lipinski definition) is 2. The lowest BCUT2D eigenvalue weighted by Crippen LogP contribution is -2.14. The van der Waals surface area contributed by atoms with Gasteiger partial charge in [0.1, 0.15) is 5.69 Å². The first-order valence-electron chi connectivity index (χ1n) is 9.25. The van der Waals surface area contributed by atoms with E-state index in [9.17, 15) is 13.6 Å². The largest absolute Gasteiger partial charge is 0.426 e. The van der Waals surface area contributed by atoms with Crippen LogP contribution in [-0.2, 0) is 10.0 Å². The molecular formula is C22H20N4O3S. The maximum absolute atomic E-state index is 12.9. The molecule has 0 radical (unpaired) electrons. The van der Waals surface area contributed by atoms with E-state index in [0.29, 0.717) is 28.2 Å². The van der Waals surface area contributed by atoms with Gasteiger partial charge in [0.05, 0.1) is 16.3 Å². The van der Waals surface area contributed by atoms with Gasteiger partial charge >= 0.3 is 0 Å². The van der Waals surface area contributed by atoms with Crippen LogP contribution in [0.15, 0.2) is 78.0 Å². The van der Waals surface area contributed by atoms with Crippen LogP contribution in [0.5, 0.6) is 0 Å². The standard InChI is InChI=1S/C22H20N4O3S/c1-15-9-11-18(12-10-15)30(28,29)25-20-8-4-3-7-19(20)22-24-16(2)21(26(22)27)17-6-5-13-23-14-17/h3-14,25,27H,1-2H3. The summed E-state index contributed by atoms with van der Waals surface area (Å²) in [5.74, 6) is 0.230. The number of benzene rings is 2. The molecule has 0 saturated heterocycles. The number of rotatable bonds is 5.